The number of nitrogens with two attached hydrogens (primary N) is 1. The van der Waals surface area contributed by atoms with Gasteiger partial charge in [0.2, 0.25) is 5.91 Å². The standard InChI is InChI=1S/C10H13BrN2O2/c1-13-9(10(12)14)7-5-6(15-2)3-4-8(7)11/h3-5,9,13H,1-2H3,(H2,12,14). The molecule has 1 rings (SSSR count). The summed E-state index contributed by atoms with van der Waals surface area (Å²) >= 11 is 3.37. The maximum absolute atomic E-state index is 11.2. The fourth-order valence-electron chi connectivity index (χ4n) is 1.32. The molecule has 0 aliphatic heterocycles. The first kappa shape index (κ1) is 12.0. The minimum Gasteiger partial charge on any atom is -0.497 e. The van der Waals surface area contributed by atoms with E-state index in [1.54, 1.807) is 26.3 Å². The molecule has 0 aliphatic carbocycles. The number of primary amides is 1. The summed E-state index contributed by atoms with van der Waals surface area (Å²) in [6, 6.07) is 4.88. The molecule has 1 atom stereocenters. The second-order valence-corrected chi connectivity index (χ2v) is 3.87. The molecule has 0 fully saturated rings. The van der Waals surface area contributed by atoms with Gasteiger partial charge in [-0.05, 0) is 30.8 Å². The first-order chi connectivity index (χ1) is 7.10. The highest BCUT2D eigenvalue weighted by atomic mass is 79.9. The molecule has 5 heteroatoms. The molecule has 1 unspecified atom stereocenters. The van der Waals surface area contributed by atoms with E-state index in [0.717, 1.165) is 10.0 Å². The van der Waals surface area contributed by atoms with Crippen LogP contribution in [-0.4, -0.2) is 20.1 Å². The number of halogens is 1. The van der Waals surface area contributed by atoms with Crippen LogP contribution in [0.25, 0.3) is 0 Å². The number of carbonyl (C=O) groups excluding carboxylic acids is 1. The van der Waals surface area contributed by atoms with Crippen LogP contribution in [0.5, 0.6) is 5.75 Å². The number of amides is 1. The molecule has 0 radical (unpaired) electrons. The predicted octanol–water partition coefficient (Wildman–Crippen LogP) is 1.20. The van der Waals surface area contributed by atoms with Crippen LogP contribution in [0, 0.1) is 0 Å². The largest absolute Gasteiger partial charge is 0.497 e. The molecule has 82 valence electrons. The number of hydrogen-bond acceptors (Lipinski definition) is 3. The van der Waals surface area contributed by atoms with Gasteiger partial charge in [0.05, 0.1) is 7.11 Å². The van der Waals surface area contributed by atoms with Crippen molar-refractivity contribution in [1.29, 1.82) is 0 Å². The maximum Gasteiger partial charge on any atom is 0.239 e. The zero-order valence-electron chi connectivity index (χ0n) is 8.58. The summed E-state index contributed by atoms with van der Waals surface area (Å²) in [6.07, 6.45) is 0. The van der Waals surface area contributed by atoms with Crippen LogP contribution < -0.4 is 15.8 Å². The quantitative estimate of drug-likeness (QED) is 0.866. The Morgan fingerprint density at radius 3 is 2.73 bits per heavy atom. The van der Waals surface area contributed by atoms with E-state index < -0.39 is 11.9 Å². The Labute approximate surface area is 96.9 Å². The molecule has 0 heterocycles. The molecule has 0 saturated carbocycles. The Morgan fingerprint density at radius 2 is 2.27 bits per heavy atom. The van der Waals surface area contributed by atoms with E-state index in [4.69, 9.17) is 10.5 Å². The number of nitrogens with one attached hydrogen (secondary N) is 1. The van der Waals surface area contributed by atoms with Crippen molar-refractivity contribution in [3.8, 4) is 5.75 Å². The summed E-state index contributed by atoms with van der Waals surface area (Å²) in [5, 5.41) is 2.85. The van der Waals surface area contributed by atoms with Crippen LogP contribution in [0.1, 0.15) is 11.6 Å². The van der Waals surface area contributed by atoms with E-state index in [2.05, 4.69) is 21.2 Å². The molecule has 15 heavy (non-hydrogen) atoms. The van der Waals surface area contributed by atoms with Gasteiger partial charge in [0.1, 0.15) is 11.8 Å². The Bertz CT molecular complexity index is 368. The molecule has 0 spiro atoms. The summed E-state index contributed by atoms with van der Waals surface area (Å²) in [4.78, 5) is 11.2. The monoisotopic (exact) mass is 272 g/mol. The van der Waals surface area contributed by atoms with Crippen LogP contribution in [-0.2, 0) is 4.79 Å². The van der Waals surface area contributed by atoms with Crippen LogP contribution >= 0.6 is 15.9 Å². The van der Waals surface area contributed by atoms with Crippen molar-refractivity contribution >= 4 is 21.8 Å². The number of benzene rings is 1. The zero-order chi connectivity index (χ0) is 11.4. The zero-order valence-corrected chi connectivity index (χ0v) is 10.2. The Balaban J connectivity index is 3.15. The van der Waals surface area contributed by atoms with E-state index >= 15 is 0 Å². The lowest BCUT2D eigenvalue weighted by molar-refractivity contribution is -0.120. The van der Waals surface area contributed by atoms with Crippen LogP contribution in [0.15, 0.2) is 22.7 Å². The predicted molar refractivity (Wildman–Crippen MR) is 61.7 cm³/mol. The highest BCUT2D eigenvalue weighted by molar-refractivity contribution is 9.10. The van der Waals surface area contributed by atoms with E-state index in [1.165, 1.54) is 0 Å². The molecule has 3 N–H and O–H groups in total. The molecule has 0 bridgehead atoms. The van der Waals surface area contributed by atoms with Gasteiger partial charge in [0, 0.05) is 4.47 Å². The summed E-state index contributed by atoms with van der Waals surface area (Å²) in [5.74, 6) is 0.265. The van der Waals surface area contributed by atoms with Crippen molar-refractivity contribution in [2.75, 3.05) is 14.2 Å². The van der Waals surface area contributed by atoms with E-state index in [-0.39, 0.29) is 0 Å². The minimum absolute atomic E-state index is 0.425. The third kappa shape index (κ3) is 2.70. The van der Waals surface area contributed by atoms with Gasteiger partial charge in [-0.25, -0.2) is 0 Å². The van der Waals surface area contributed by atoms with Gasteiger partial charge in [-0.2, -0.15) is 0 Å². The maximum atomic E-state index is 11.2. The summed E-state index contributed by atoms with van der Waals surface area (Å²) in [5.41, 5.74) is 6.04. The molecule has 0 aliphatic rings. The van der Waals surface area contributed by atoms with Gasteiger partial charge in [-0.15, -0.1) is 0 Å². The highest BCUT2D eigenvalue weighted by Crippen LogP contribution is 2.27. The van der Waals surface area contributed by atoms with E-state index in [1.807, 2.05) is 6.07 Å². The molecule has 0 saturated heterocycles. The Kier molecular flexibility index (Phi) is 4.11. The molecular weight excluding hydrogens is 260 g/mol. The van der Waals surface area contributed by atoms with Gasteiger partial charge in [-0.1, -0.05) is 15.9 Å². The normalized spacial score (nSPS) is 12.2. The lowest BCUT2D eigenvalue weighted by Crippen LogP contribution is -2.31. The highest BCUT2D eigenvalue weighted by Gasteiger charge is 2.18. The SMILES string of the molecule is CNC(C(N)=O)c1cc(OC)ccc1Br. The Hall–Kier alpha value is -1.07. The molecule has 0 aromatic heterocycles. The third-order valence-electron chi connectivity index (χ3n) is 2.09. The number of rotatable bonds is 4. The number of likely N-dealkylation sites (N-methyl/N-ethyl adjacent to an activating group) is 1. The second-order valence-electron chi connectivity index (χ2n) is 3.01. The third-order valence-corrected chi connectivity index (χ3v) is 2.81. The van der Waals surface area contributed by atoms with E-state index in [0.29, 0.717) is 5.75 Å². The van der Waals surface area contributed by atoms with Gasteiger partial charge in [-0.3, -0.25) is 4.79 Å². The molecule has 1 amide bonds. The minimum atomic E-state index is -0.519. The number of ether oxygens (including phenoxy) is 1. The number of hydrogen-bond donors (Lipinski definition) is 2. The summed E-state index contributed by atoms with van der Waals surface area (Å²) < 4.78 is 5.90. The average molecular weight is 273 g/mol. The topological polar surface area (TPSA) is 64.3 Å². The van der Waals surface area contributed by atoms with Gasteiger partial charge in [0.15, 0.2) is 0 Å². The van der Waals surface area contributed by atoms with Gasteiger partial charge in [0.25, 0.3) is 0 Å². The van der Waals surface area contributed by atoms with Crippen molar-refractivity contribution in [2.24, 2.45) is 5.73 Å². The van der Waals surface area contributed by atoms with Crippen molar-refractivity contribution in [1.82, 2.24) is 5.32 Å². The molecule has 1 aromatic rings. The number of carbonyl (C=O) groups is 1. The van der Waals surface area contributed by atoms with Crippen molar-refractivity contribution < 1.29 is 9.53 Å². The molecule has 1 aromatic carbocycles. The fraction of sp³-hybridized carbons (Fsp3) is 0.300. The molecule has 4 nitrogen and oxygen atoms in total. The van der Waals surface area contributed by atoms with Gasteiger partial charge < -0.3 is 15.8 Å². The first-order valence-electron chi connectivity index (χ1n) is 4.40. The van der Waals surface area contributed by atoms with Crippen LogP contribution in [0.4, 0.5) is 0 Å². The van der Waals surface area contributed by atoms with Crippen LogP contribution in [0.2, 0.25) is 0 Å². The lowest BCUT2D eigenvalue weighted by Gasteiger charge is -2.15. The van der Waals surface area contributed by atoms with Crippen molar-refractivity contribution in [3.05, 3.63) is 28.2 Å². The summed E-state index contributed by atoms with van der Waals surface area (Å²) in [6.45, 7) is 0. The van der Waals surface area contributed by atoms with Crippen molar-refractivity contribution in [3.63, 3.8) is 0 Å². The van der Waals surface area contributed by atoms with Crippen molar-refractivity contribution in [2.45, 2.75) is 6.04 Å². The molecular formula is C10H13BrN2O2. The van der Waals surface area contributed by atoms with Gasteiger partial charge >= 0.3 is 0 Å². The first-order valence-corrected chi connectivity index (χ1v) is 5.19. The Morgan fingerprint density at radius 1 is 1.60 bits per heavy atom. The second kappa shape index (κ2) is 5.14. The van der Waals surface area contributed by atoms with Crippen LogP contribution in [0.3, 0.4) is 0 Å². The smallest absolute Gasteiger partial charge is 0.239 e. The lowest BCUT2D eigenvalue weighted by atomic mass is 10.1. The number of methoxy groups -OCH3 is 1. The van der Waals surface area contributed by atoms with E-state index in [9.17, 15) is 4.79 Å². The fourth-order valence-corrected chi connectivity index (χ4v) is 1.80. The average Bonchev–Trinajstić information content (AvgIpc) is 2.21. The summed E-state index contributed by atoms with van der Waals surface area (Å²) in [7, 11) is 3.26.